The Bertz CT molecular complexity index is 1230. The van der Waals surface area contributed by atoms with Crippen LogP contribution in [0.3, 0.4) is 0 Å². The number of aliphatic hydroxyl groups excluding tert-OH is 1. The highest BCUT2D eigenvalue weighted by Gasteiger charge is 2.40. The van der Waals surface area contributed by atoms with Crippen molar-refractivity contribution in [3.63, 3.8) is 0 Å². The summed E-state index contributed by atoms with van der Waals surface area (Å²) in [4.78, 5) is 8.66. The third-order valence-corrected chi connectivity index (χ3v) is 5.24. The number of benzene rings is 2. The van der Waals surface area contributed by atoms with E-state index in [-0.39, 0.29) is 5.82 Å². The molecule has 0 saturated heterocycles. The fourth-order valence-corrected chi connectivity index (χ4v) is 3.70. The monoisotopic (exact) mass is 418 g/mol. The van der Waals surface area contributed by atoms with E-state index in [1.165, 1.54) is 19.2 Å². The molecule has 1 aliphatic rings. The normalized spacial score (nSPS) is 20.2. The molecular weight excluding hydrogens is 399 g/mol. The summed E-state index contributed by atoms with van der Waals surface area (Å²) in [5.74, 6) is 0.709. The van der Waals surface area contributed by atoms with Crippen molar-refractivity contribution in [3.05, 3.63) is 84.4 Å². The van der Waals surface area contributed by atoms with Crippen molar-refractivity contribution in [1.29, 1.82) is 0 Å². The number of aromatic nitrogens is 2. The molecule has 1 aliphatic heterocycles. The molecule has 0 amide bonds. The summed E-state index contributed by atoms with van der Waals surface area (Å²) in [5, 5.41) is 11.8. The number of hydrogen-bond acceptors (Lipinski definition) is 6. The van der Waals surface area contributed by atoms with Crippen LogP contribution in [0.5, 0.6) is 11.5 Å². The van der Waals surface area contributed by atoms with Crippen molar-refractivity contribution in [1.82, 2.24) is 9.97 Å². The van der Waals surface area contributed by atoms with Gasteiger partial charge < -0.3 is 19.3 Å². The molecule has 0 aliphatic carbocycles. The second kappa shape index (κ2) is 7.94. The van der Waals surface area contributed by atoms with Crippen molar-refractivity contribution in [2.75, 3.05) is 7.11 Å². The van der Waals surface area contributed by atoms with Crippen LogP contribution in [0.4, 0.5) is 4.39 Å². The minimum atomic E-state index is -0.997. The third-order valence-electron chi connectivity index (χ3n) is 5.24. The molecule has 3 heterocycles. The Morgan fingerprint density at radius 1 is 1.06 bits per heavy atom. The Morgan fingerprint density at radius 3 is 2.77 bits per heavy atom. The van der Waals surface area contributed by atoms with E-state index < -0.39 is 18.5 Å². The Morgan fingerprint density at radius 2 is 1.97 bits per heavy atom. The molecule has 31 heavy (non-hydrogen) atoms. The van der Waals surface area contributed by atoms with E-state index in [4.69, 9.17) is 14.2 Å². The van der Waals surface area contributed by atoms with Gasteiger partial charge in [-0.2, -0.15) is 0 Å². The molecule has 1 N–H and O–H groups in total. The van der Waals surface area contributed by atoms with E-state index in [0.29, 0.717) is 28.3 Å². The molecule has 0 saturated carbocycles. The molecule has 0 spiro atoms. The van der Waals surface area contributed by atoms with Crippen LogP contribution in [-0.2, 0) is 4.74 Å². The van der Waals surface area contributed by atoms with Crippen LogP contribution in [0, 0.1) is 5.82 Å². The zero-order valence-electron chi connectivity index (χ0n) is 16.6. The molecule has 3 atom stereocenters. The maximum Gasteiger partial charge on any atom is 0.239 e. The average Bonchev–Trinajstić information content (AvgIpc) is 2.81. The Labute approximate surface area is 177 Å². The van der Waals surface area contributed by atoms with E-state index in [9.17, 15) is 9.50 Å². The van der Waals surface area contributed by atoms with Gasteiger partial charge in [0.15, 0.2) is 6.10 Å². The lowest BCUT2D eigenvalue weighted by molar-refractivity contribution is -0.165. The van der Waals surface area contributed by atoms with Crippen LogP contribution >= 0.6 is 0 Å². The molecule has 0 bridgehead atoms. The second-order valence-corrected chi connectivity index (χ2v) is 7.22. The Hall–Kier alpha value is -3.55. The minimum absolute atomic E-state index is 0.302. The lowest BCUT2D eigenvalue weighted by Crippen LogP contribution is -2.45. The van der Waals surface area contributed by atoms with E-state index >= 15 is 0 Å². The largest absolute Gasteiger partial charge is 0.479 e. The quantitative estimate of drug-likeness (QED) is 0.533. The maximum absolute atomic E-state index is 13.5. The summed E-state index contributed by atoms with van der Waals surface area (Å²) in [6.07, 6.45) is 0.629. The number of ether oxygens (including phenoxy) is 3. The fourth-order valence-electron chi connectivity index (χ4n) is 3.70. The number of nitrogens with zero attached hydrogens (tertiary/aromatic N) is 2. The van der Waals surface area contributed by atoms with E-state index in [0.717, 1.165) is 10.9 Å². The van der Waals surface area contributed by atoms with Crippen LogP contribution in [0.15, 0.2) is 73.1 Å². The molecule has 4 aromatic rings. The minimum Gasteiger partial charge on any atom is -0.479 e. The first-order chi connectivity index (χ1) is 15.1. The smallest absolute Gasteiger partial charge is 0.239 e. The maximum atomic E-state index is 13.5. The van der Waals surface area contributed by atoms with Crippen LogP contribution < -0.4 is 9.47 Å². The van der Waals surface area contributed by atoms with Crippen LogP contribution in [0.25, 0.3) is 22.2 Å². The zero-order chi connectivity index (χ0) is 21.4. The topological polar surface area (TPSA) is 73.7 Å². The Balaban J connectivity index is 1.50. The molecule has 6 nitrogen and oxygen atoms in total. The van der Waals surface area contributed by atoms with Crippen molar-refractivity contribution >= 4 is 10.9 Å². The van der Waals surface area contributed by atoms with Gasteiger partial charge in [0, 0.05) is 29.8 Å². The summed E-state index contributed by atoms with van der Waals surface area (Å²) >= 11 is 0. The molecule has 0 radical (unpaired) electrons. The van der Waals surface area contributed by atoms with Gasteiger partial charge in [-0.15, -0.1) is 0 Å². The van der Waals surface area contributed by atoms with Crippen molar-refractivity contribution in [3.8, 4) is 22.8 Å². The van der Waals surface area contributed by atoms with E-state index in [1.807, 2.05) is 24.3 Å². The van der Waals surface area contributed by atoms with Gasteiger partial charge >= 0.3 is 0 Å². The van der Waals surface area contributed by atoms with E-state index in [2.05, 4.69) is 9.97 Å². The molecule has 5 rings (SSSR count). The third kappa shape index (κ3) is 3.69. The van der Waals surface area contributed by atoms with Crippen molar-refractivity contribution in [2.45, 2.75) is 18.5 Å². The van der Waals surface area contributed by atoms with Crippen LogP contribution in [0.2, 0.25) is 0 Å². The fraction of sp³-hybridized carbons (Fsp3) is 0.167. The highest BCUT2D eigenvalue weighted by Crippen LogP contribution is 2.39. The van der Waals surface area contributed by atoms with Gasteiger partial charge in [0.1, 0.15) is 23.4 Å². The van der Waals surface area contributed by atoms with Gasteiger partial charge in [0.25, 0.3) is 0 Å². The number of rotatable bonds is 4. The van der Waals surface area contributed by atoms with Crippen LogP contribution in [0.1, 0.15) is 11.7 Å². The zero-order valence-corrected chi connectivity index (χ0v) is 16.6. The van der Waals surface area contributed by atoms with Crippen molar-refractivity contribution in [2.24, 2.45) is 0 Å². The number of aliphatic hydroxyl groups is 1. The van der Waals surface area contributed by atoms with Gasteiger partial charge in [0.05, 0.1) is 17.4 Å². The number of halogens is 1. The standard InChI is InChI=1S/C24H19FN2O4/c1-29-24-23(30-17-3-2-10-26-13-17)22(28)18-12-15(5-9-21(18)31-24)19-7-4-14-11-16(25)6-8-20(14)27-19/h2-13,22-24,28H,1H3/t22?,23-,24+/m0/s1. The van der Waals surface area contributed by atoms with Gasteiger partial charge in [-0.1, -0.05) is 6.07 Å². The predicted molar refractivity (Wildman–Crippen MR) is 112 cm³/mol. The first-order valence-corrected chi connectivity index (χ1v) is 9.77. The van der Waals surface area contributed by atoms with Gasteiger partial charge in [-0.05, 0) is 54.6 Å². The summed E-state index contributed by atoms with van der Waals surface area (Å²) in [5.41, 5.74) is 2.75. The lowest BCUT2D eigenvalue weighted by atomic mass is 9.96. The summed E-state index contributed by atoms with van der Waals surface area (Å²) in [6, 6.07) is 17.1. The molecule has 7 heteroatoms. The lowest BCUT2D eigenvalue weighted by Gasteiger charge is -2.36. The molecule has 1 unspecified atom stereocenters. The molecular formula is C24H19FN2O4. The van der Waals surface area contributed by atoms with Gasteiger partial charge in [-0.3, -0.25) is 4.98 Å². The first-order valence-electron chi connectivity index (χ1n) is 9.77. The predicted octanol–water partition coefficient (Wildman–Crippen LogP) is 4.28. The van der Waals surface area contributed by atoms with E-state index in [1.54, 1.807) is 36.7 Å². The van der Waals surface area contributed by atoms with Crippen molar-refractivity contribution < 1.29 is 23.7 Å². The highest BCUT2D eigenvalue weighted by atomic mass is 19.1. The summed E-state index contributed by atoms with van der Waals surface area (Å²) in [7, 11) is 1.50. The number of methoxy groups -OCH3 is 1. The molecule has 2 aromatic heterocycles. The SMILES string of the molecule is CO[C@@H]1Oc2ccc(-c3ccc4cc(F)ccc4n3)cc2C(O)[C@@H]1Oc1cccnc1. The number of hydrogen-bond donors (Lipinski definition) is 1. The van der Waals surface area contributed by atoms with Gasteiger partial charge in [0.2, 0.25) is 6.29 Å². The molecule has 2 aromatic carbocycles. The Kier molecular flexibility index (Phi) is 4.97. The summed E-state index contributed by atoms with van der Waals surface area (Å²) < 4.78 is 30.7. The van der Waals surface area contributed by atoms with Gasteiger partial charge in [-0.25, -0.2) is 9.37 Å². The van der Waals surface area contributed by atoms with Crippen LogP contribution in [-0.4, -0.2) is 34.6 Å². The first kappa shape index (κ1) is 19.4. The average molecular weight is 418 g/mol. The molecule has 0 fully saturated rings. The number of fused-ring (bicyclic) bond motifs is 2. The highest BCUT2D eigenvalue weighted by molar-refractivity contribution is 5.81. The molecule has 156 valence electrons. The number of pyridine rings is 2. The summed E-state index contributed by atoms with van der Waals surface area (Å²) in [6.45, 7) is 0. The second-order valence-electron chi connectivity index (χ2n) is 7.22.